The molecular formula is C22H29F3N6O4S. The van der Waals surface area contributed by atoms with Crippen LogP contribution < -0.4 is 10.6 Å². The Kier molecular flexibility index (Phi) is 7.42. The van der Waals surface area contributed by atoms with Gasteiger partial charge in [-0.3, -0.25) is 0 Å². The third-order valence-corrected chi connectivity index (χ3v) is 8.65. The molecule has 0 radical (unpaired) electrons. The Hall–Kier alpha value is -2.55. The summed E-state index contributed by atoms with van der Waals surface area (Å²) in [6.45, 7) is 2.40. The minimum atomic E-state index is -4.89. The van der Waals surface area contributed by atoms with Gasteiger partial charge in [0.05, 0.1) is 0 Å². The van der Waals surface area contributed by atoms with E-state index in [4.69, 9.17) is 10.5 Å². The minimum absolute atomic E-state index is 0.0324. The number of halogens is 3. The van der Waals surface area contributed by atoms with Crippen LogP contribution in [0.3, 0.4) is 0 Å². The van der Waals surface area contributed by atoms with Gasteiger partial charge >= 0.3 is 6.18 Å². The molecule has 2 aliphatic heterocycles. The maximum Gasteiger partial charge on any atom is 0.421 e. The van der Waals surface area contributed by atoms with Crippen molar-refractivity contribution in [2.75, 3.05) is 43.5 Å². The predicted molar refractivity (Wildman–Crippen MR) is 124 cm³/mol. The summed E-state index contributed by atoms with van der Waals surface area (Å²) >= 11 is 0. The predicted octanol–water partition coefficient (Wildman–Crippen LogP) is 1.92. The van der Waals surface area contributed by atoms with E-state index in [1.165, 1.54) is 22.6 Å². The molecule has 2 saturated heterocycles. The van der Waals surface area contributed by atoms with Crippen molar-refractivity contribution in [3.63, 3.8) is 0 Å². The number of nitrogen functional groups attached to an aromatic ring is 1. The molecule has 4 heterocycles. The van der Waals surface area contributed by atoms with Crippen LogP contribution in [0.1, 0.15) is 31.7 Å². The molecular weight excluding hydrogens is 501 g/mol. The van der Waals surface area contributed by atoms with Gasteiger partial charge < -0.3 is 20.5 Å². The molecule has 0 amide bonds. The van der Waals surface area contributed by atoms with Gasteiger partial charge in [-0.1, -0.05) is 0 Å². The summed E-state index contributed by atoms with van der Waals surface area (Å²) in [6, 6.07) is 2.52. The quantitative estimate of drug-likeness (QED) is 0.574. The highest BCUT2D eigenvalue weighted by atomic mass is 32.2. The Morgan fingerprint density at radius 2 is 1.78 bits per heavy atom. The molecule has 14 heteroatoms. The van der Waals surface area contributed by atoms with Crippen LogP contribution in [0.4, 0.5) is 24.9 Å². The van der Waals surface area contributed by atoms with Crippen molar-refractivity contribution in [1.29, 1.82) is 0 Å². The molecule has 0 unspecified atom stereocenters. The molecule has 0 bridgehead atoms. The normalized spacial score (nSPS) is 22.4. The Balaban J connectivity index is 1.59. The highest BCUT2D eigenvalue weighted by Gasteiger charge is 2.51. The number of hydrogen-bond donors (Lipinski definition) is 2. The van der Waals surface area contributed by atoms with E-state index in [2.05, 4.69) is 15.0 Å². The minimum Gasteiger partial charge on any atom is -0.384 e. The highest BCUT2D eigenvalue weighted by molar-refractivity contribution is 7.89. The van der Waals surface area contributed by atoms with Gasteiger partial charge in [-0.15, -0.1) is 0 Å². The van der Waals surface area contributed by atoms with Crippen LogP contribution in [0.5, 0.6) is 0 Å². The summed E-state index contributed by atoms with van der Waals surface area (Å²) in [4.78, 5) is 14.0. The van der Waals surface area contributed by atoms with Crippen molar-refractivity contribution >= 4 is 21.8 Å². The SMILES string of the molecule is C[C@](O)(c1cnc(N2CCN(S(=O)(=O)c3ccc(N)nc3)C[C@@H]2CC2CCOCC2)nc1)C(F)(F)F. The molecule has 2 aliphatic rings. The molecule has 2 fully saturated rings. The zero-order chi connectivity index (χ0) is 26.1. The maximum absolute atomic E-state index is 13.3. The monoisotopic (exact) mass is 530 g/mol. The first kappa shape index (κ1) is 26.5. The Bertz CT molecular complexity index is 1140. The number of aromatic nitrogens is 3. The first-order valence-corrected chi connectivity index (χ1v) is 13.0. The number of ether oxygens (including phenoxy) is 1. The number of aliphatic hydroxyl groups is 1. The number of rotatable bonds is 6. The second-order valence-electron chi connectivity index (χ2n) is 9.26. The molecule has 198 valence electrons. The zero-order valence-electron chi connectivity index (χ0n) is 19.7. The Morgan fingerprint density at radius 1 is 1.11 bits per heavy atom. The lowest BCUT2D eigenvalue weighted by atomic mass is 9.91. The number of sulfonamides is 1. The van der Waals surface area contributed by atoms with Gasteiger partial charge in [0.15, 0.2) is 5.60 Å². The van der Waals surface area contributed by atoms with Crippen LogP contribution in [0.25, 0.3) is 0 Å². The van der Waals surface area contributed by atoms with E-state index in [9.17, 15) is 26.7 Å². The van der Waals surface area contributed by atoms with Crippen LogP contribution in [-0.2, 0) is 20.4 Å². The summed E-state index contributed by atoms with van der Waals surface area (Å²) in [5.74, 6) is 0.679. The topological polar surface area (TPSA) is 135 Å². The van der Waals surface area contributed by atoms with E-state index >= 15 is 0 Å². The number of nitrogens with zero attached hydrogens (tertiary/aromatic N) is 5. The van der Waals surface area contributed by atoms with Crippen LogP contribution in [0.2, 0.25) is 0 Å². The fraction of sp³-hybridized carbons (Fsp3) is 0.591. The molecule has 0 saturated carbocycles. The molecule has 2 atom stereocenters. The van der Waals surface area contributed by atoms with E-state index in [1.807, 2.05) is 4.90 Å². The molecule has 2 aromatic rings. The molecule has 0 aromatic carbocycles. The summed E-state index contributed by atoms with van der Waals surface area (Å²) in [5.41, 5.74) is 2.02. The van der Waals surface area contributed by atoms with Crippen LogP contribution in [-0.4, -0.2) is 77.8 Å². The van der Waals surface area contributed by atoms with Gasteiger partial charge in [0, 0.05) is 63.0 Å². The van der Waals surface area contributed by atoms with Crippen LogP contribution in [0.15, 0.2) is 35.6 Å². The lowest BCUT2D eigenvalue weighted by molar-refractivity contribution is -0.259. The number of alkyl halides is 3. The van der Waals surface area contributed by atoms with E-state index in [-0.39, 0.29) is 48.3 Å². The van der Waals surface area contributed by atoms with E-state index in [1.54, 1.807) is 0 Å². The molecule has 4 rings (SSSR count). The van der Waals surface area contributed by atoms with Crippen molar-refractivity contribution in [3.8, 4) is 0 Å². The largest absolute Gasteiger partial charge is 0.421 e. The van der Waals surface area contributed by atoms with Crippen LogP contribution >= 0.6 is 0 Å². The fourth-order valence-electron chi connectivity index (χ4n) is 4.45. The first-order chi connectivity index (χ1) is 16.9. The summed E-state index contributed by atoms with van der Waals surface area (Å²) in [7, 11) is -3.84. The Morgan fingerprint density at radius 3 is 2.36 bits per heavy atom. The summed E-state index contributed by atoms with van der Waals surface area (Å²) in [6.07, 6.45) is 0.551. The van der Waals surface area contributed by atoms with Crippen molar-refractivity contribution in [1.82, 2.24) is 19.3 Å². The smallest absolute Gasteiger partial charge is 0.384 e. The molecule has 0 aliphatic carbocycles. The number of nitrogens with two attached hydrogens (primary N) is 1. The molecule has 2 aromatic heterocycles. The van der Waals surface area contributed by atoms with Crippen molar-refractivity contribution in [2.45, 2.75) is 48.9 Å². The van der Waals surface area contributed by atoms with Gasteiger partial charge in [0.2, 0.25) is 16.0 Å². The van der Waals surface area contributed by atoms with E-state index in [0.29, 0.717) is 26.6 Å². The lowest BCUT2D eigenvalue weighted by Crippen LogP contribution is -2.56. The second-order valence-corrected chi connectivity index (χ2v) is 11.2. The van der Waals surface area contributed by atoms with E-state index in [0.717, 1.165) is 25.2 Å². The van der Waals surface area contributed by atoms with Crippen LogP contribution in [0, 0.1) is 5.92 Å². The van der Waals surface area contributed by atoms with Gasteiger partial charge in [-0.2, -0.15) is 17.5 Å². The maximum atomic E-state index is 13.3. The lowest BCUT2D eigenvalue weighted by Gasteiger charge is -2.42. The molecule has 10 nitrogen and oxygen atoms in total. The number of hydrogen-bond acceptors (Lipinski definition) is 9. The van der Waals surface area contributed by atoms with Crippen molar-refractivity contribution in [3.05, 3.63) is 36.3 Å². The zero-order valence-corrected chi connectivity index (χ0v) is 20.5. The third kappa shape index (κ3) is 5.41. The number of pyridine rings is 1. The van der Waals surface area contributed by atoms with Gasteiger partial charge in [-0.25, -0.2) is 23.4 Å². The number of anilines is 2. The van der Waals surface area contributed by atoms with Gasteiger partial charge in [0.25, 0.3) is 0 Å². The number of piperazine rings is 1. The third-order valence-electron chi connectivity index (χ3n) is 6.80. The molecule has 36 heavy (non-hydrogen) atoms. The van der Waals surface area contributed by atoms with Gasteiger partial charge in [0.1, 0.15) is 10.7 Å². The highest BCUT2D eigenvalue weighted by Crippen LogP contribution is 2.38. The summed E-state index contributed by atoms with van der Waals surface area (Å²) < 4.78 is 73.0. The van der Waals surface area contributed by atoms with Crippen molar-refractivity contribution < 1.29 is 31.4 Å². The second kappa shape index (κ2) is 10.1. The van der Waals surface area contributed by atoms with Gasteiger partial charge in [-0.05, 0) is 44.2 Å². The Labute approximate surface area is 207 Å². The average molecular weight is 531 g/mol. The standard InChI is InChI=1S/C22H29F3N6O4S/c1-21(32,22(23,24)25)16-11-28-20(29-12-16)31-7-6-30(14-17(31)10-15-4-8-35-9-5-15)36(33,34)18-2-3-19(26)27-13-18/h2-3,11-13,15,17,32H,4-10,14H2,1H3,(H2,26,27)/t17-,21-/m0/s1. The van der Waals surface area contributed by atoms with E-state index < -0.39 is 27.4 Å². The molecule has 0 spiro atoms. The summed E-state index contributed by atoms with van der Waals surface area (Å²) in [5, 5.41) is 9.92. The van der Waals surface area contributed by atoms with Crippen molar-refractivity contribution in [2.24, 2.45) is 5.92 Å². The fourth-order valence-corrected chi connectivity index (χ4v) is 5.87. The first-order valence-electron chi connectivity index (χ1n) is 11.6. The molecule has 3 N–H and O–H groups in total. The average Bonchev–Trinajstić information content (AvgIpc) is 2.84.